The number of rotatable bonds is 12. The maximum atomic E-state index is 11.3. The van der Waals surface area contributed by atoms with E-state index < -0.39 is 0 Å². The fraction of sp³-hybridized carbons (Fsp3) is 0.846. The van der Waals surface area contributed by atoms with E-state index >= 15 is 0 Å². The number of ether oxygens (including phenoxy) is 1. The summed E-state index contributed by atoms with van der Waals surface area (Å²) in [6.45, 7) is 3.02. The van der Waals surface area contributed by atoms with E-state index in [2.05, 4.69) is 12.1 Å². The summed E-state index contributed by atoms with van der Waals surface area (Å²) >= 11 is 0. The summed E-state index contributed by atoms with van der Waals surface area (Å²) in [7, 11) is 0. The molecule has 19 heavy (non-hydrogen) atoms. The first-order chi connectivity index (χ1) is 9.16. The van der Waals surface area contributed by atoms with Crippen LogP contribution in [-0.4, -0.2) is 25.1 Å². The average molecular weight is 273 g/mol. The highest BCUT2D eigenvalue weighted by Crippen LogP contribution is 2.05. The van der Waals surface area contributed by atoms with Crippen LogP contribution in [0.3, 0.4) is 0 Å². The van der Waals surface area contributed by atoms with Crippen LogP contribution in [-0.2, 0) is 14.4 Å². The van der Waals surface area contributed by atoms with Crippen LogP contribution in [0, 0.1) is 0 Å². The third kappa shape index (κ3) is 14.5. The van der Waals surface area contributed by atoms with Crippen LogP contribution in [0.5, 0.6) is 0 Å². The van der Waals surface area contributed by atoms with E-state index in [-0.39, 0.29) is 11.9 Å². The molecule has 0 atom stereocenters. The van der Waals surface area contributed by atoms with Crippen molar-refractivity contribution in [2.45, 2.75) is 58.3 Å². The highest BCUT2D eigenvalue weighted by molar-refractivity contribution is 5.74. The lowest BCUT2D eigenvalue weighted by Crippen LogP contribution is -2.22. The summed E-state index contributed by atoms with van der Waals surface area (Å²) in [5.41, 5.74) is 10.1. The molecule has 0 aliphatic heterocycles. The summed E-state index contributed by atoms with van der Waals surface area (Å²) in [5, 5.41) is 3.35. The Kier molecular flexibility index (Phi) is 12.0. The predicted molar refractivity (Wildman–Crippen MR) is 75.3 cm³/mol. The Morgan fingerprint density at radius 2 is 1.68 bits per heavy atom. The van der Waals surface area contributed by atoms with Crippen LogP contribution in [0.4, 0.5) is 0 Å². The number of esters is 1. The first kappa shape index (κ1) is 17.5. The SMILES string of the molecule is CCCCCCCCOC(=O)CCCON=C(N)N. The monoisotopic (exact) mass is 273 g/mol. The molecule has 0 spiro atoms. The molecule has 6 nitrogen and oxygen atoms in total. The molecule has 6 heteroatoms. The molecule has 112 valence electrons. The molecule has 0 aromatic carbocycles. The van der Waals surface area contributed by atoms with E-state index in [1.54, 1.807) is 0 Å². The van der Waals surface area contributed by atoms with Crippen LogP contribution >= 0.6 is 0 Å². The second-order valence-corrected chi connectivity index (χ2v) is 4.44. The molecule has 0 bridgehead atoms. The van der Waals surface area contributed by atoms with Gasteiger partial charge in [-0.1, -0.05) is 39.0 Å². The molecule has 0 heterocycles. The number of hydrogen-bond acceptors (Lipinski definition) is 4. The molecule has 0 unspecified atom stereocenters. The highest BCUT2D eigenvalue weighted by atomic mass is 16.6. The van der Waals surface area contributed by atoms with Crippen LogP contribution in [0.15, 0.2) is 5.16 Å². The Bertz CT molecular complexity index is 254. The lowest BCUT2D eigenvalue weighted by Gasteiger charge is -2.04. The normalized spacial score (nSPS) is 9.95. The number of unbranched alkanes of at least 4 members (excludes halogenated alkanes) is 5. The van der Waals surface area contributed by atoms with Crippen LogP contribution in [0.2, 0.25) is 0 Å². The molecule has 0 aromatic heterocycles. The van der Waals surface area contributed by atoms with Gasteiger partial charge in [-0.05, 0) is 18.0 Å². The van der Waals surface area contributed by atoms with Gasteiger partial charge in [-0.2, -0.15) is 0 Å². The Labute approximate surface area is 115 Å². The fourth-order valence-electron chi connectivity index (χ4n) is 1.54. The minimum Gasteiger partial charge on any atom is -0.466 e. The second-order valence-electron chi connectivity index (χ2n) is 4.44. The first-order valence-electron chi connectivity index (χ1n) is 7.03. The molecule has 0 aliphatic rings. The van der Waals surface area contributed by atoms with Crippen molar-refractivity contribution >= 4 is 11.9 Å². The summed E-state index contributed by atoms with van der Waals surface area (Å²) in [4.78, 5) is 16.1. The van der Waals surface area contributed by atoms with Gasteiger partial charge in [0.15, 0.2) is 0 Å². The molecule has 0 rings (SSSR count). The maximum Gasteiger partial charge on any atom is 0.305 e. The Balaban J connectivity index is 3.24. The van der Waals surface area contributed by atoms with E-state index in [9.17, 15) is 4.79 Å². The van der Waals surface area contributed by atoms with Crippen molar-refractivity contribution < 1.29 is 14.4 Å². The Morgan fingerprint density at radius 3 is 2.37 bits per heavy atom. The number of carbonyl (C=O) groups is 1. The zero-order valence-electron chi connectivity index (χ0n) is 11.9. The summed E-state index contributed by atoms with van der Waals surface area (Å²) < 4.78 is 5.10. The van der Waals surface area contributed by atoms with Gasteiger partial charge in [0.05, 0.1) is 6.61 Å². The van der Waals surface area contributed by atoms with Crippen molar-refractivity contribution in [1.29, 1.82) is 0 Å². The predicted octanol–water partition coefficient (Wildman–Crippen LogP) is 1.88. The molecule has 0 radical (unpaired) electrons. The number of carbonyl (C=O) groups excluding carboxylic acids is 1. The van der Waals surface area contributed by atoms with Gasteiger partial charge in [-0.3, -0.25) is 4.79 Å². The molecule has 0 saturated heterocycles. The van der Waals surface area contributed by atoms with E-state index in [0.717, 1.165) is 12.8 Å². The van der Waals surface area contributed by atoms with Gasteiger partial charge in [-0.15, -0.1) is 0 Å². The van der Waals surface area contributed by atoms with Crippen molar-refractivity contribution in [3.63, 3.8) is 0 Å². The standard InChI is InChI=1S/C13H27N3O3/c1-2-3-4-5-6-7-10-18-12(17)9-8-11-19-16-13(14)15/h2-11H2,1H3,(H4,14,15,16). The number of nitrogens with zero attached hydrogens (tertiary/aromatic N) is 1. The fourth-order valence-corrected chi connectivity index (χ4v) is 1.54. The van der Waals surface area contributed by atoms with Crippen molar-refractivity contribution in [2.75, 3.05) is 13.2 Å². The lowest BCUT2D eigenvalue weighted by atomic mass is 10.1. The third-order valence-electron chi connectivity index (χ3n) is 2.55. The number of oxime groups is 1. The van der Waals surface area contributed by atoms with Crippen molar-refractivity contribution in [2.24, 2.45) is 16.6 Å². The number of hydrogen-bond donors (Lipinski definition) is 2. The van der Waals surface area contributed by atoms with Gasteiger partial charge < -0.3 is 21.0 Å². The van der Waals surface area contributed by atoms with Gasteiger partial charge >= 0.3 is 5.97 Å². The molecule has 0 fully saturated rings. The Hall–Kier alpha value is -1.46. The van der Waals surface area contributed by atoms with Gasteiger partial charge in [-0.25, -0.2) is 0 Å². The summed E-state index contributed by atoms with van der Waals surface area (Å²) in [5.74, 6) is -0.312. The third-order valence-corrected chi connectivity index (χ3v) is 2.55. The summed E-state index contributed by atoms with van der Waals surface area (Å²) in [6, 6.07) is 0. The quantitative estimate of drug-likeness (QED) is 0.186. The second kappa shape index (κ2) is 13.0. The number of nitrogens with two attached hydrogens (primary N) is 2. The number of guanidine groups is 1. The van der Waals surface area contributed by atoms with Crippen molar-refractivity contribution in [1.82, 2.24) is 0 Å². The lowest BCUT2D eigenvalue weighted by molar-refractivity contribution is -0.144. The molecule has 0 amide bonds. The minimum absolute atomic E-state index is 0.120. The van der Waals surface area contributed by atoms with E-state index in [1.807, 2.05) is 0 Å². The molecule has 4 N–H and O–H groups in total. The average Bonchev–Trinajstić information content (AvgIpc) is 2.37. The van der Waals surface area contributed by atoms with E-state index in [0.29, 0.717) is 26.1 Å². The van der Waals surface area contributed by atoms with Gasteiger partial charge in [0, 0.05) is 6.42 Å². The van der Waals surface area contributed by atoms with Crippen molar-refractivity contribution in [3.05, 3.63) is 0 Å². The topological polar surface area (TPSA) is 99.9 Å². The molecule has 0 aromatic rings. The van der Waals surface area contributed by atoms with Crippen LogP contribution < -0.4 is 11.5 Å². The van der Waals surface area contributed by atoms with E-state index in [4.69, 9.17) is 21.0 Å². The first-order valence-corrected chi connectivity index (χ1v) is 7.03. The smallest absolute Gasteiger partial charge is 0.305 e. The van der Waals surface area contributed by atoms with Crippen molar-refractivity contribution in [3.8, 4) is 0 Å². The van der Waals surface area contributed by atoms with Crippen LogP contribution in [0.1, 0.15) is 58.3 Å². The highest BCUT2D eigenvalue weighted by Gasteiger charge is 2.02. The van der Waals surface area contributed by atoms with Gasteiger partial charge in [0.2, 0.25) is 5.96 Å². The summed E-state index contributed by atoms with van der Waals surface area (Å²) in [6.07, 6.45) is 7.97. The molecule has 0 aliphatic carbocycles. The maximum absolute atomic E-state index is 11.3. The minimum atomic E-state index is -0.193. The zero-order chi connectivity index (χ0) is 14.3. The van der Waals surface area contributed by atoms with Crippen LogP contribution in [0.25, 0.3) is 0 Å². The van der Waals surface area contributed by atoms with E-state index in [1.165, 1.54) is 25.7 Å². The molecule has 0 saturated carbocycles. The Morgan fingerprint density at radius 1 is 1.00 bits per heavy atom. The zero-order valence-corrected chi connectivity index (χ0v) is 11.9. The van der Waals surface area contributed by atoms with Gasteiger partial charge in [0.1, 0.15) is 6.61 Å². The molecular weight excluding hydrogens is 246 g/mol. The molecular formula is C13H27N3O3. The van der Waals surface area contributed by atoms with Gasteiger partial charge in [0.25, 0.3) is 0 Å². The largest absolute Gasteiger partial charge is 0.466 e.